The molecule has 37 heavy (non-hydrogen) atoms. The molecular weight excluding hydrogens is 474 g/mol. The summed E-state index contributed by atoms with van der Waals surface area (Å²) in [4.78, 5) is 15.6. The normalized spacial score (nSPS) is 22.1. The maximum Gasteiger partial charge on any atom is 0.340 e. The minimum atomic E-state index is -2.61. The highest BCUT2D eigenvalue weighted by molar-refractivity contribution is 6.99. The fourth-order valence-corrected chi connectivity index (χ4v) is 11.1. The summed E-state index contributed by atoms with van der Waals surface area (Å²) in [5, 5.41) is 2.53. The predicted octanol–water partition coefficient (Wildman–Crippen LogP) is 5.68. The van der Waals surface area contributed by atoms with Gasteiger partial charge >= 0.3 is 5.97 Å². The molecule has 0 aliphatic carbocycles. The minimum absolute atomic E-state index is 0.0618. The van der Waals surface area contributed by atoms with Crippen molar-refractivity contribution in [3.05, 3.63) is 96.1 Å². The van der Waals surface area contributed by atoms with Crippen LogP contribution in [0.1, 0.15) is 62.4 Å². The lowest BCUT2D eigenvalue weighted by Gasteiger charge is -2.44. The summed E-state index contributed by atoms with van der Waals surface area (Å²) < 4.78 is 13.6. The number of aryl methyl sites for hydroxylation is 1. The number of esters is 1. The number of benzene rings is 3. The topological polar surface area (TPSA) is 38.8 Å². The van der Waals surface area contributed by atoms with E-state index in [0.29, 0.717) is 12.2 Å². The van der Waals surface area contributed by atoms with Crippen LogP contribution in [0.3, 0.4) is 0 Å². The molecule has 5 rings (SSSR count). The zero-order chi connectivity index (χ0) is 26.1. The number of carbonyl (C=O) groups excluding carboxylic acids is 1. The van der Waals surface area contributed by atoms with Crippen LogP contribution in [0.25, 0.3) is 0 Å². The van der Waals surface area contributed by atoms with Crippen LogP contribution in [0.4, 0.5) is 0 Å². The van der Waals surface area contributed by atoms with E-state index in [2.05, 4.69) is 86.3 Å². The molecule has 0 unspecified atom stereocenters. The summed E-state index contributed by atoms with van der Waals surface area (Å²) in [5.41, 5.74) is 1.10. The van der Waals surface area contributed by atoms with E-state index in [1.165, 1.54) is 10.4 Å². The Morgan fingerprint density at radius 1 is 0.919 bits per heavy atom. The van der Waals surface area contributed by atoms with E-state index < -0.39 is 14.0 Å². The first kappa shape index (κ1) is 25.9. The number of nitrogens with zero attached hydrogens (tertiary/aromatic N) is 1. The fourth-order valence-electron chi connectivity index (χ4n) is 6.55. The van der Waals surface area contributed by atoms with Crippen LogP contribution < -0.4 is 10.4 Å². The molecule has 0 radical (unpaired) electrons. The first-order valence-electron chi connectivity index (χ1n) is 13.6. The van der Waals surface area contributed by atoms with E-state index in [9.17, 15) is 4.79 Å². The predicted molar refractivity (Wildman–Crippen MR) is 152 cm³/mol. The molecule has 0 spiro atoms. The summed E-state index contributed by atoms with van der Waals surface area (Å²) in [6.07, 6.45) is 3.76. The highest BCUT2D eigenvalue weighted by atomic mass is 28.4. The molecule has 0 N–H and O–H groups in total. The van der Waals surface area contributed by atoms with Crippen LogP contribution >= 0.6 is 0 Å². The second kappa shape index (κ2) is 10.2. The Morgan fingerprint density at radius 3 is 2.11 bits per heavy atom. The molecule has 2 heterocycles. The lowest BCUT2D eigenvalue weighted by atomic mass is 10.1. The van der Waals surface area contributed by atoms with Gasteiger partial charge in [0.1, 0.15) is 0 Å². The van der Waals surface area contributed by atoms with Gasteiger partial charge in [0.25, 0.3) is 8.32 Å². The third-order valence-corrected chi connectivity index (χ3v) is 13.4. The maximum absolute atomic E-state index is 13.2. The standard InChI is InChI=1S/C32H39NO3Si/c1-25-14-11-12-19-29(25)30(34)36-32-21-13-23-33(32)26(20-22-32)24-35-37(31(2,3)4,27-15-7-5-8-16-27)28-17-9-6-10-18-28/h5-12,14-19,26H,13,20-24H2,1-4H3/t26-,32+/m1/s1. The number of carbonyl (C=O) groups is 1. The molecule has 4 nitrogen and oxygen atoms in total. The number of ether oxygens (including phenoxy) is 1. The molecule has 2 aliphatic rings. The Bertz CT molecular complexity index is 1180. The molecule has 5 heteroatoms. The summed E-state index contributed by atoms with van der Waals surface area (Å²) in [5.74, 6) is -0.210. The van der Waals surface area contributed by atoms with Gasteiger partial charge in [-0.05, 0) is 46.8 Å². The first-order valence-corrected chi connectivity index (χ1v) is 15.5. The number of hydrogen-bond donors (Lipinski definition) is 0. The quantitative estimate of drug-likeness (QED) is 0.301. The first-order chi connectivity index (χ1) is 17.8. The van der Waals surface area contributed by atoms with Gasteiger partial charge in [0.05, 0.1) is 12.2 Å². The summed E-state index contributed by atoms with van der Waals surface area (Å²) in [7, 11) is -2.61. The monoisotopic (exact) mass is 513 g/mol. The summed E-state index contributed by atoms with van der Waals surface area (Å²) in [6, 6.07) is 29.5. The van der Waals surface area contributed by atoms with Crippen LogP contribution in [-0.4, -0.2) is 44.1 Å². The lowest BCUT2D eigenvalue weighted by Crippen LogP contribution is -2.67. The molecule has 3 aromatic rings. The van der Waals surface area contributed by atoms with Gasteiger partial charge in [-0.2, -0.15) is 0 Å². The number of fused-ring (bicyclic) bond motifs is 1. The molecule has 2 atom stereocenters. The van der Waals surface area contributed by atoms with E-state index in [4.69, 9.17) is 9.16 Å². The van der Waals surface area contributed by atoms with E-state index in [-0.39, 0.29) is 17.0 Å². The van der Waals surface area contributed by atoms with Crippen molar-refractivity contribution >= 4 is 24.7 Å². The second-order valence-corrected chi connectivity index (χ2v) is 15.9. The number of hydrogen-bond acceptors (Lipinski definition) is 4. The molecule has 2 fully saturated rings. The minimum Gasteiger partial charge on any atom is -0.440 e. The van der Waals surface area contributed by atoms with Crippen LogP contribution in [0.2, 0.25) is 5.04 Å². The van der Waals surface area contributed by atoms with Crippen molar-refractivity contribution in [2.24, 2.45) is 0 Å². The van der Waals surface area contributed by atoms with Crippen LogP contribution in [0, 0.1) is 6.92 Å². The zero-order valence-electron chi connectivity index (χ0n) is 22.6. The third-order valence-electron chi connectivity index (χ3n) is 8.36. The van der Waals surface area contributed by atoms with Crippen molar-refractivity contribution in [1.82, 2.24) is 4.90 Å². The summed E-state index contributed by atoms with van der Waals surface area (Å²) in [6.45, 7) is 10.5. The smallest absolute Gasteiger partial charge is 0.340 e. The van der Waals surface area contributed by atoms with Crippen LogP contribution in [0.5, 0.6) is 0 Å². The molecule has 0 amide bonds. The highest BCUT2D eigenvalue weighted by Gasteiger charge is 2.55. The van der Waals surface area contributed by atoms with Gasteiger partial charge in [0, 0.05) is 25.4 Å². The molecule has 194 valence electrons. The van der Waals surface area contributed by atoms with Crippen molar-refractivity contribution in [3.63, 3.8) is 0 Å². The molecular formula is C32H39NO3Si. The van der Waals surface area contributed by atoms with E-state index in [1.54, 1.807) is 0 Å². The highest BCUT2D eigenvalue weighted by Crippen LogP contribution is 2.45. The third kappa shape index (κ3) is 4.69. The Hall–Kier alpha value is -2.73. The van der Waals surface area contributed by atoms with E-state index >= 15 is 0 Å². The van der Waals surface area contributed by atoms with Crippen LogP contribution in [-0.2, 0) is 9.16 Å². The van der Waals surface area contributed by atoms with Gasteiger partial charge in [-0.1, -0.05) is 99.6 Å². The largest absolute Gasteiger partial charge is 0.440 e. The molecule has 3 aromatic carbocycles. The summed E-state index contributed by atoms with van der Waals surface area (Å²) >= 11 is 0. The van der Waals surface area contributed by atoms with Gasteiger partial charge in [-0.15, -0.1) is 0 Å². The fraction of sp³-hybridized carbons (Fsp3) is 0.406. The van der Waals surface area contributed by atoms with Gasteiger partial charge in [-0.3, -0.25) is 4.90 Å². The number of rotatable bonds is 7. The molecule has 0 saturated carbocycles. The van der Waals surface area contributed by atoms with E-state index in [0.717, 1.165) is 37.8 Å². The Kier molecular flexibility index (Phi) is 7.14. The van der Waals surface area contributed by atoms with Gasteiger partial charge in [0.15, 0.2) is 5.72 Å². The van der Waals surface area contributed by atoms with Gasteiger partial charge in [0.2, 0.25) is 0 Å². The van der Waals surface area contributed by atoms with E-state index in [1.807, 2.05) is 31.2 Å². The van der Waals surface area contributed by atoms with Crippen molar-refractivity contribution in [2.75, 3.05) is 13.2 Å². The molecule has 0 bridgehead atoms. The van der Waals surface area contributed by atoms with Crippen molar-refractivity contribution in [3.8, 4) is 0 Å². The lowest BCUT2D eigenvalue weighted by molar-refractivity contribution is -0.0877. The Labute approximate surface area is 222 Å². The van der Waals surface area contributed by atoms with Crippen molar-refractivity contribution in [1.29, 1.82) is 0 Å². The maximum atomic E-state index is 13.2. The zero-order valence-corrected chi connectivity index (χ0v) is 23.6. The second-order valence-electron chi connectivity index (χ2n) is 11.6. The van der Waals surface area contributed by atoms with Crippen molar-refractivity contribution < 1.29 is 14.0 Å². The average Bonchev–Trinajstić information content (AvgIpc) is 3.44. The molecule has 0 aromatic heterocycles. The molecule has 2 aliphatic heterocycles. The average molecular weight is 514 g/mol. The molecule has 2 saturated heterocycles. The Morgan fingerprint density at radius 2 is 1.51 bits per heavy atom. The van der Waals surface area contributed by atoms with Gasteiger partial charge in [-0.25, -0.2) is 4.79 Å². The Balaban J connectivity index is 1.42. The SMILES string of the molecule is Cc1ccccc1C(=O)O[C@]12CCCN1[C@@H](CO[Si](c1ccccc1)(c1ccccc1)C(C)(C)C)CC2. The van der Waals surface area contributed by atoms with Crippen LogP contribution in [0.15, 0.2) is 84.9 Å². The van der Waals surface area contributed by atoms with Gasteiger partial charge < -0.3 is 9.16 Å². The van der Waals surface area contributed by atoms with Crippen molar-refractivity contribution in [2.45, 2.75) is 70.2 Å².